The van der Waals surface area contributed by atoms with E-state index in [1.807, 2.05) is 12.1 Å². The molecule has 0 aliphatic rings. The minimum Gasteiger partial charge on any atom is -0.497 e. The molecule has 3 nitrogen and oxygen atoms in total. The van der Waals surface area contributed by atoms with Gasteiger partial charge in [-0.2, -0.15) is 0 Å². The minimum absolute atomic E-state index is 0.327. The molecular formula is C12H9FN2O. The first-order chi connectivity index (χ1) is 7.79. The third-order valence-corrected chi connectivity index (χ3v) is 2.62. The van der Waals surface area contributed by atoms with Crippen molar-refractivity contribution in [3.05, 3.63) is 36.3 Å². The van der Waals surface area contributed by atoms with Gasteiger partial charge in [-0.1, -0.05) is 0 Å². The fraction of sp³-hybridized carbons (Fsp3) is 0.0833. The summed E-state index contributed by atoms with van der Waals surface area (Å²) in [6.45, 7) is 0. The van der Waals surface area contributed by atoms with Crippen molar-refractivity contribution in [2.75, 3.05) is 7.11 Å². The largest absolute Gasteiger partial charge is 0.497 e. The first kappa shape index (κ1) is 9.15. The van der Waals surface area contributed by atoms with Crippen molar-refractivity contribution in [3.8, 4) is 5.75 Å². The van der Waals surface area contributed by atoms with E-state index in [2.05, 4.69) is 9.97 Å². The van der Waals surface area contributed by atoms with Crippen LogP contribution in [0.2, 0.25) is 0 Å². The number of fused-ring (bicyclic) bond motifs is 3. The van der Waals surface area contributed by atoms with Crippen LogP contribution >= 0.6 is 0 Å². The van der Waals surface area contributed by atoms with E-state index in [9.17, 15) is 4.39 Å². The Labute approximate surface area is 90.9 Å². The number of benzene rings is 1. The molecule has 0 saturated heterocycles. The van der Waals surface area contributed by atoms with Gasteiger partial charge in [0.2, 0.25) is 0 Å². The van der Waals surface area contributed by atoms with Crippen molar-refractivity contribution >= 4 is 21.9 Å². The number of aromatic amines is 1. The number of nitrogens with zero attached hydrogens (tertiary/aromatic N) is 1. The van der Waals surface area contributed by atoms with Gasteiger partial charge in [-0.15, -0.1) is 0 Å². The Kier molecular flexibility index (Phi) is 1.83. The van der Waals surface area contributed by atoms with Crippen LogP contribution in [-0.2, 0) is 0 Å². The van der Waals surface area contributed by atoms with Crippen LogP contribution in [0.3, 0.4) is 0 Å². The molecule has 0 fully saturated rings. The number of nitrogens with one attached hydrogen (secondary N) is 1. The lowest BCUT2D eigenvalue weighted by Gasteiger charge is -2.00. The van der Waals surface area contributed by atoms with Crippen molar-refractivity contribution in [3.63, 3.8) is 0 Å². The summed E-state index contributed by atoms with van der Waals surface area (Å²) < 4.78 is 18.8. The van der Waals surface area contributed by atoms with Gasteiger partial charge < -0.3 is 9.72 Å². The van der Waals surface area contributed by atoms with Crippen molar-refractivity contribution in [1.29, 1.82) is 0 Å². The maximum absolute atomic E-state index is 13.7. The molecule has 0 spiro atoms. The fourth-order valence-electron chi connectivity index (χ4n) is 1.87. The second-order valence-corrected chi connectivity index (χ2v) is 3.56. The lowest BCUT2D eigenvalue weighted by molar-refractivity contribution is 0.412. The van der Waals surface area contributed by atoms with Crippen LogP contribution < -0.4 is 4.74 Å². The first-order valence-electron chi connectivity index (χ1n) is 4.89. The molecular weight excluding hydrogens is 207 g/mol. The molecule has 2 aromatic heterocycles. The highest BCUT2D eigenvalue weighted by Gasteiger charge is 2.10. The quantitative estimate of drug-likeness (QED) is 0.679. The number of rotatable bonds is 1. The summed E-state index contributed by atoms with van der Waals surface area (Å²) in [7, 11) is 1.52. The number of methoxy groups -OCH3 is 1. The van der Waals surface area contributed by atoms with Crippen LogP contribution in [0.15, 0.2) is 30.5 Å². The van der Waals surface area contributed by atoms with Gasteiger partial charge >= 0.3 is 0 Å². The summed E-state index contributed by atoms with van der Waals surface area (Å²) in [6, 6.07) is 6.82. The molecule has 1 N–H and O–H groups in total. The van der Waals surface area contributed by atoms with E-state index in [0.29, 0.717) is 11.3 Å². The molecule has 3 aromatic rings. The van der Waals surface area contributed by atoms with Crippen LogP contribution in [0.5, 0.6) is 5.75 Å². The van der Waals surface area contributed by atoms with Gasteiger partial charge in [0.1, 0.15) is 5.75 Å². The summed E-state index contributed by atoms with van der Waals surface area (Å²) in [5, 5.41) is 0.743. The van der Waals surface area contributed by atoms with E-state index < -0.39 is 0 Å². The number of H-pyrrole nitrogens is 1. The number of aromatic nitrogens is 2. The highest BCUT2D eigenvalue weighted by Crippen LogP contribution is 2.29. The Bertz CT molecular complexity index is 675. The first-order valence-corrected chi connectivity index (χ1v) is 4.89. The molecule has 0 atom stereocenters. The number of hydrogen-bond acceptors (Lipinski definition) is 2. The number of halogens is 1. The van der Waals surface area contributed by atoms with Crippen molar-refractivity contribution < 1.29 is 9.13 Å². The molecule has 0 aliphatic heterocycles. The smallest absolute Gasteiger partial charge is 0.151 e. The molecule has 0 aliphatic carbocycles. The molecule has 1 aromatic carbocycles. The van der Waals surface area contributed by atoms with Crippen LogP contribution in [0.4, 0.5) is 4.39 Å². The van der Waals surface area contributed by atoms with E-state index in [1.54, 1.807) is 12.3 Å². The predicted octanol–water partition coefficient (Wildman–Crippen LogP) is 2.86. The number of pyridine rings is 1. The van der Waals surface area contributed by atoms with Crippen molar-refractivity contribution in [2.24, 2.45) is 0 Å². The van der Waals surface area contributed by atoms with E-state index in [4.69, 9.17) is 4.74 Å². The Hall–Kier alpha value is -2.10. The van der Waals surface area contributed by atoms with Gasteiger partial charge in [0.05, 0.1) is 23.7 Å². The monoisotopic (exact) mass is 216 g/mol. The summed E-state index contributed by atoms with van der Waals surface area (Å²) >= 11 is 0. The van der Waals surface area contributed by atoms with Crippen molar-refractivity contribution in [1.82, 2.24) is 9.97 Å². The molecule has 0 bridgehead atoms. The molecule has 3 rings (SSSR count). The maximum Gasteiger partial charge on any atom is 0.151 e. The van der Waals surface area contributed by atoms with Gasteiger partial charge in [0.15, 0.2) is 5.82 Å². The molecule has 0 radical (unpaired) electrons. The molecule has 80 valence electrons. The van der Waals surface area contributed by atoms with Gasteiger partial charge in [0, 0.05) is 17.6 Å². The number of hydrogen-bond donors (Lipinski definition) is 1. The third-order valence-electron chi connectivity index (χ3n) is 2.62. The van der Waals surface area contributed by atoms with Crippen LogP contribution in [-0.4, -0.2) is 17.1 Å². The average molecular weight is 216 g/mol. The molecule has 16 heavy (non-hydrogen) atoms. The Morgan fingerprint density at radius 2 is 2.25 bits per heavy atom. The van der Waals surface area contributed by atoms with Crippen LogP contribution in [0.1, 0.15) is 0 Å². The summed E-state index contributed by atoms with van der Waals surface area (Å²) in [5.74, 6) is 0.170. The summed E-state index contributed by atoms with van der Waals surface area (Å²) in [4.78, 5) is 7.24. The topological polar surface area (TPSA) is 37.9 Å². The zero-order valence-electron chi connectivity index (χ0n) is 8.62. The van der Waals surface area contributed by atoms with Gasteiger partial charge in [0.25, 0.3) is 0 Å². The number of ether oxygens (including phenoxy) is 1. The molecule has 0 unspecified atom stereocenters. The second kappa shape index (κ2) is 3.20. The molecule has 0 amide bonds. The van der Waals surface area contributed by atoms with Crippen LogP contribution in [0.25, 0.3) is 21.9 Å². The standard InChI is InChI=1S/C12H9FN2O/c1-16-7-5-8-11(9(13)6-7)15-10-3-2-4-14-12(8)10/h2-6,15H,1H3. The van der Waals surface area contributed by atoms with E-state index in [1.165, 1.54) is 13.2 Å². The van der Waals surface area contributed by atoms with E-state index in [-0.39, 0.29) is 5.82 Å². The van der Waals surface area contributed by atoms with E-state index in [0.717, 1.165) is 16.4 Å². The SMILES string of the molecule is COc1cc(F)c2[nH]c3cccnc3c2c1. The maximum atomic E-state index is 13.7. The molecule has 2 heterocycles. The summed E-state index contributed by atoms with van der Waals surface area (Å²) in [6.07, 6.45) is 1.69. The van der Waals surface area contributed by atoms with E-state index >= 15 is 0 Å². The Balaban J connectivity index is 2.51. The second-order valence-electron chi connectivity index (χ2n) is 3.56. The van der Waals surface area contributed by atoms with Crippen LogP contribution in [0, 0.1) is 5.82 Å². The zero-order chi connectivity index (χ0) is 11.1. The third kappa shape index (κ3) is 1.16. The van der Waals surface area contributed by atoms with Crippen molar-refractivity contribution in [2.45, 2.75) is 0 Å². The highest BCUT2D eigenvalue weighted by atomic mass is 19.1. The Morgan fingerprint density at radius 1 is 1.38 bits per heavy atom. The highest BCUT2D eigenvalue weighted by molar-refractivity contribution is 6.05. The lowest BCUT2D eigenvalue weighted by Crippen LogP contribution is -1.85. The minimum atomic E-state index is -0.327. The fourth-order valence-corrected chi connectivity index (χ4v) is 1.87. The molecule has 0 saturated carbocycles. The van der Waals surface area contributed by atoms with Gasteiger partial charge in [-0.25, -0.2) is 4.39 Å². The van der Waals surface area contributed by atoms with Gasteiger partial charge in [-0.05, 0) is 18.2 Å². The Morgan fingerprint density at radius 3 is 3.06 bits per heavy atom. The average Bonchev–Trinajstić information content (AvgIpc) is 2.68. The van der Waals surface area contributed by atoms with Gasteiger partial charge in [-0.3, -0.25) is 4.98 Å². The molecule has 4 heteroatoms. The normalized spacial score (nSPS) is 11.1. The zero-order valence-corrected chi connectivity index (χ0v) is 8.62. The predicted molar refractivity (Wildman–Crippen MR) is 60.1 cm³/mol. The summed E-state index contributed by atoms with van der Waals surface area (Å²) in [5.41, 5.74) is 2.05. The lowest BCUT2D eigenvalue weighted by atomic mass is 10.2.